The van der Waals surface area contributed by atoms with Crippen molar-refractivity contribution < 1.29 is 5.11 Å². The number of aromatic nitrogens is 1. The lowest BCUT2D eigenvalue weighted by Gasteiger charge is -2.33. The van der Waals surface area contributed by atoms with Crippen molar-refractivity contribution >= 4 is 0 Å². The number of rotatable bonds is 5. The molecule has 0 saturated carbocycles. The van der Waals surface area contributed by atoms with Gasteiger partial charge in [0.2, 0.25) is 0 Å². The number of aliphatic hydroxyl groups is 1. The van der Waals surface area contributed by atoms with Crippen LogP contribution in [0.15, 0.2) is 18.3 Å². The predicted molar refractivity (Wildman–Crippen MR) is 64.8 cm³/mol. The van der Waals surface area contributed by atoms with E-state index >= 15 is 0 Å². The van der Waals surface area contributed by atoms with E-state index in [1.165, 1.54) is 5.56 Å². The molecule has 0 radical (unpaired) electrons. The van der Waals surface area contributed by atoms with Crippen LogP contribution in [0.5, 0.6) is 0 Å². The van der Waals surface area contributed by atoms with Crippen molar-refractivity contribution in [1.82, 2.24) is 9.88 Å². The van der Waals surface area contributed by atoms with Gasteiger partial charge in [0, 0.05) is 24.8 Å². The molecule has 0 aliphatic heterocycles. The van der Waals surface area contributed by atoms with Crippen molar-refractivity contribution in [2.45, 2.75) is 32.5 Å². The predicted octanol–water partition coefficient (Wildman–Crippen LogP) is 0.743. The normalized spacial score (nSPS) is 12.1. The van der Waals surface area contributed by atoms with Crippen molar-refractivity contribution in [2.75, 3.05) is 13.7 Å². The maximum absolute atomic E-state index is 9.27. The van der Waals surface area contributed by atoms with E-state index in [0.29, 0.717) is 6.54 Å². The zero-order chi connectivity index (χ0) is 12.2. The van der Waals surface area contributed by atoms with Gasteiger partial charge in [0.15, 0.2) is 0 Å². The van der Waals surface area contributed by atoms with Crippen molar-refractivity contribution in [2.24, 2.45) is 5.73 Å². The summed E-state index contributed by atoms with van der Waals surface area (Å²) >= 11 is 0. The number of nitrogens with zero attached hydrogens (tertiary/aromatic N) is 2. The number of likely N-dealkylation sites (N-methyl/N-ethyl adjacent to an activating group) is 1. The molecule has 1 aromatic rings. The molecule has 0 amide bonds. The summed E-state index contributed by atoms with van der Waals surface area (Å²) < 4.78 is 0. The van der Waals surface area contributed by atoms with E-state index in [2.05, 4.69) is 9.88 Å². The number of hydrogen-bond donors (Lipinski definition) is 2. The molecule has 1 heterocycles. The van der Waals surface area contributed by atoms with Gasteiger partial charge in [-0.2, -0.15) is 0 Å². The first-order valence-electron chi connectivity index (χ1n) is 5.45. The Labute approximate surface area is 97.1 Å². The van der Waals surface area contributed by atoms with Gasteiger partial charge in [0.25, 0.3) is 0 Å². The van der Waals surface area contributed by atoms with Crippen LogP contribution in [0.3, 0.4) is 0 Å². The molecule has 4 nitrogen and oxygen atoms in total. The molecule has 0 atom stereocenters. The lowest BCUT2D eigenvalue weighted by Crippen LogP contribution is -2.43. The van der Waals surface area contributed by atoms with Crippen molar-refractivity contribution in [1.29, 1.82) is 0 Å². The van der Waals surface area contributed by atoms with Gasteiger partial charge in [0.05, 0.1) is 12.3 Å². The smallest absolute Gasteiger partial charge is 0.0610 e. The average Bonchev–Trinajstić information content (AvgIpc) is 2.29. The van der Waals surface area contributed by atoms with Crippen molar-refractivity contribution in [3.63, 3.8) is 0 Å². The van der Waals surface area contributed by atoms with Crippen LogP contribution in [-0.4, -0.2) is 34.2 Å². The van der Waals surface area contributed by atoms with E-state index in [4.69, 9.17) is 5.73 Å². The van der Waals surface area contributed by atoms with Crippen LogP contribution in [0.2, 0.25) is 0 Å². The second-order valence-electron chi connectivity index (χ2n) is 4.69. The molecule has 0 aliphatic carbocycles. The Morgan fingerprint density at radius 2 is 2.19 bits per heavy atom. The second kappa shape index (κ2) is 5.39. The second-order valence-corrected chi connectivity index (χ2v) is 4.69. The summed E-state index contributed by atoms with van der Waals surface area (Å²) in [6, 6.07) is 3.98. The third-order valence-corrected chi connectivity index (χ3v) is 2.93. The quantitative estimate of drug-likeness (QED) is 0.773. The highest BCUT2D eigenvalue weighted by atomic mass is 16.3. The minimum Gasteiger partial charge on any atom is -0.394 e. The molecule has 16 heavy (non-hydrogen) atoms. The van der Waals surface area contributed by atoms with Crippen LogP contribution < -0.4 is 5.73 Å². The summed E-state index contributed by atoms with van der Waals surface area (Å²) in [6.07, 6.45) is 1.78. The standard InChI is InChI=1S/C12H21N3O/c1-12(2,9-16)15(3)8-10-4-5-14-11(6-10)7-13/h4-6,16H,7-9,13H2,1-3H3. The summed E-state index contributed by atoms with van der Waals surface area (Å²) in [7, 11) is 2.00. The van der Waals surface area contributed by atoms with Crippen LogP contribution in [0.4, 0.5) is 0 Å². The highest BCUT2D eigenvalue weighted by molar-refractivity contribution is 5.16. The van der Waals surface area contributed by atoms with Crippen molar-refractivity contribution in [3.05, 3.63) is 29.6 Å². The highest BCUT2D eigenvalue weighted by Gasteiger charge is 2.22. The Bertz CT molecular complexity index is 339. The fraction of sp³-hybridized carbons (Fsp3) is 0.583. The van der Waals surface area contributed by atoms with Crippen LogP contribution in [0.25, 0.3) is 0 Å². The molecule has 4 heteroatoms. The number of aliphatic hydroxyl groups excluding tert-OH is 1. The zero-order valence-electron chi connectivity index (χ0n) is 10.3. The monoisotopic (exact) mass is 223 g/mol. The van der Waals surface area contributed by atoms with Crippen LogP contribution >= 0.6 is 0 Å². The topological polar surface area (TPSA) is 62.4 Å². The van der Waals surface area contributed by atoms with Gasteiger partial charge in [-0.25, -0.2) is 0 Å². The number of hydrogen-bond acceptors (Lipinski definition) is 4. The van der Waals surface area contributed by atoms with Gasteiger partial charge in [-0.3, -0.25) is 9.88 Å². The number of pyridine rings is 1. The van der Waals surface area contributed by atoms with Crippen molar-refractivity contribution in [3.8, 4) is 0 Å². The van der Waals surface area contributed by atoms with Gasteiger partial charge in [-0.1, -0.05) is 0 Å². The van der Waals surface area contributed by atoms with E-state index in [-0.39, 0.29) is 12.1 Å². The maximum Gasteiger partial charge on any atom is 0.0610 e. The molecule has 90 valence electrons. The van der Waals surface area contributed by atoms with Gasteiger partial charge in [-0.05, 0) is 38.6 Å². The van der Waals surface area contributed by atoms with Crippen LogP contribution in [0.1, 0.15) is 25.1 Å². The average molecular weight is 223 g/mol. The molecular formula is C12H21N3O. The molecule has 0 fully saturated rings. The molecule has 0 spiro atoms. The SMILES string of the molecule is CN(Cc1ccnc(CN)c1)C(C)(C)CO. The molecule has 0 bridgehead atoms. The molecule has 0 unspecified atom stereocenters. The van der Waals surface area contributed by atoms with E-state index in [1.54, 1.807) is 6.20 Å². The lowest BCUT2D eigenvalue weighted by atomic mass is 10.0. The summed E-state index contributed by atoms with van der Waals surface area (Å²) in [5.41, 5.74) is 7.39. The molecule has 1 aromatic heterocycles. The summed E-state index contributed by atoms with van der Waals surface area (Å²) in [5.74, 6) is 0. The maximum atomic E-state index is 9.27. The van der Waals surface area contributed by atoms with E-state index in [1.807, 2.05) is 33.0 Å². The Kier molecular flexibility index (Phi) is 4.41. The minimum atomic E-state index is -0.216. The molecule has 3 N–H and O–H groups in total. The Morgan fingerprint density at radius 1 is 1.50 bits per heavy atom. The Balaban J connectivity index is 2.72. The van der Waals surface area contributed by atoms with Crippen LogP contribution in [-0.2, 0) is 13.1 Å². The fourth-order valence-corrected chi connectivity index (χ4v) is 1.35. The van der Waals surface area contributed by atoms with E-state index in [9.17, 15) is 5.11 Å². The van der Waals surface area contributed by atoms with Gasteiger partial charge in [-0.15, -0.1) is 0 Å². The summed E-state index contributed by atoms with van der Waals surface area (Å²) in [4.78, 5) is 6.27. The largest absolute Gasteiger partial charge is 0.394 e. The molecule has 0 aromatic carbocycles. The Hall–Kier alpha value is -0.970. The first-order chi connectivity index (χ1) is 7.49. The first kappa shape index (κ1) is 13.1. The molecule has 1 rings (SSSR count). The first-order valence-corrected chi connectivity index (χ1v) is 5.45. The van der Waals surface area contributed by atoms with Gasteiger partial charge >= 0.3 is 0 Å². The summed E-state index contributed by atoms with van der Waals surface area (Å²) in [5, 5.41) is 9.27. The Morgan fingerprint density at radius 3 is 2.75 bits per heavy atom. The lowest BCUT2D eigenvalue weighted by molar-refractivity contribution is 0.0733. The summed E-state index contributed by atoms with van der Waals surface area (Å²) in [6.45, 7) is 5.40. The third kappa shape index (κ3) is 3.27. The molecular weight excluding hydrogens is 202 g/mol. The third-order valence-electron chi connectivity index (χ3n) is 2.93. The molecule has 0 aliphatic rings. The van der Waals surface area contributed by atoms with E-state index < -0.39 is 0 Å². The van der Waals surface area contributed by atoms with E-state index in [0.717, 1.165) is 12.2 Å². The zero-order valence-corrected chi connectivity index (χ0v) is 10.3. The minimum absolute atomic E-state index is 0.137. The van der Waals surface area contributed by atoms with Gasteiger partial charge in [0.1, 0.15) is 0 Å². The number of nitrogens with two attached hydrogens (primary N) is 1. The fourth-order valence-electron chi connectivity index (χ4n) is 1.35. The van der Waals surface area contributed by atoms with Gasteiger partial charge < -0.3 is 10.8 Å². The highest BCUT2D eigenvalue weighted by Crippen LogP contribution is 2.15. The molecule has 0 saturated heterocycles. The van der Waals surface area contributed by atoms with Crippen LogP contribution in [0, 0.1) is 0 Å².